The third kappa shape index (κ3) is 4.49. The Labute approximate surface area is 212 Å². The van der Waals surface area contributed by atoms with E-state index in [0.29, 0.717) is 11.4 Å². The van der Waals surface area contributed by atoms with Crippen LogP contribution in [0.15, 0.2) is 94.4 Å². The van der Waals surface area contributed by atoms with Crippen molar-refractivity contribution in [3.63, 3.8) is 0 Å². The highest BCUT2D eigenvalue weighted by atomic mass is 32.1. The van der Waals surface area contributed by atoms with Gasteiger partial charge >= 0.3 is 5.97 Å². The van der Waals surface area contributed by atoms with Crippen LogP contribution in [0.2, 0.25) is 0 Å². The van der Waals surface area contributed by atoms with Crippen LogP contribution in [-0.2, 0) is 0 Å². The summed E-state index contributed by atoms with van der Waals surface area (Å²) in [4.78, 5) is 11.0. The Kier molecular flexibility index (Phi) is 6.34. The average molecular weight is 496 g/mol. The van der Waals surface area contributed by atoms with Gasteiger partial charge in [-0.3, -0.25) is 5.43 Å². The van der Waals surface area contributed by atoms with Gasteiger partial charge in [0.15, 0.2) is 5.11 Å². The maximum absolute atomic E-state index is 11.0. The number of benzene rings is 4. The van der Waals surface area contributed by atoms with Gasteiger partial charge in [0.25, 0.3) is 0 Å². The molecule has 0 aliphatic heterocycles. The van der Waals surface area contributed by atoms with Crippen molar-refractivity contribution < 1.29 is 19.1 Å². The number of methoxy groups -OCH3 is 1. The first-order valence-electron chi connectivity index (χ1n) is 11.1. The van der Waals surface area contributed by atoms with E-state index < -0.39 is 5.97 Å². The molecule has 0 aliphatic carbocycles. The maximum atomic E-state index is 11.0. The van der Waals surface area contributed by atoms with Crippen LogP contribution < -0.4 is 15.5 Å². The Morgan fingerprint density at radius 3 is 2.44 bits per heavy atom. The van der Waals surface area contributed by atoms with E-state index in [1.165, 1.54) is 12.1 Å². The largest absolute Gasteiger partial charge is 0.495 e. The molecule has 0 fully saturated rings. The molecule has 3 N–H and O–H groups in total. The van der Waals surface area contributed by atoms with Gasteiger partial charge in [0.05, 0.1) is 18.9 Å². The zero-order chi connectivity index (χ0) is 25.1. The van der Waals surface area contributed by atoms with Gasteiger partial charge in [-0.25, -0.2) is 4.79 Å². The van der Waals surface area contributed by atoms with E-state index in [1.54, 1.807) is 25.5 Å². The lowest BCUT2D eigenvalue weighted by Gasteiger charge is -2.13. The van der Waals surface area contributed by atoms with Crippen LogP contribution in [0.3, 0.4) is 0 Å². The fourth-order valence-corrected chi connectivity index (χ4v) is 4.28. The van der Waals surface area contributed by atoms with Gasteiger partial charge in [0.1, 0.15) is 16.9 Å². The minimum absolute atomic E-state index is 0.198. The van der Waals surface area contributed by atoms with Crippen LogP contribution >= 0.6 is 12.2 Å². The molecule has 0 spiro atoms. The number of hydrogen-bond donors (Lipinski definition) is 3. The predicted octanol–water partition coefficient (Wildman–Crippen LogP) is 6.28. The van der Waals surface area contributed by atoms with Gasteiger partial charge in [-0.1, -0.05) is 42.5 Å². The smallest absolute Gasteiger partial charge is 0.335 e. The first kappa shape index (κ1) is 23.1. The quantitative estimate of drug-likeness (QED) is 0.145. The summed E-state index contributed by atoms with van der Waals surface area (Å²) in [5.74, 6) is -0.316. The van der Waals surface area contributed by atoms with E-state index in [-0.39, 0.29) is 10.7 Å². The fourth-order valence-electron chi connectivity index (χ4n) is 4.11. The number of fused-ring (bicyclic) bond motifs is 3. The zero-order valence-corrected chi connectivity index (χ0v) is 20.0. The zero-order valence-electron chi connectivity index (χ0n) is 19.2. The molecule has 1 aromatic heterocycles. The molecule has 178 valence electrons. The fraction of sp³-hybridized carbons (Fsp3) is 0.0357. The summed E-state index contributed by atoms with van der Waals surface area (Å²) in [6.45, 7) is 0. The number of hydrazone groups is 1. The van der Waals surface area contributed by atoms with Crippen molar-refractivity contribution in [3.05, 3.63) is 96.1 Å². The SMILES string of the molecule is COc1c(/C=N\NC(=S)Nc2ccc(C(=O)O)cc2)cccc1-c1cccc2oc3ccccc3c12. The number of furan rings is 1. The molecule has 7 nitrogen and oxygen atoms in total. The number of anilines is 1. The molecule has 8 heteroatoms. The Hall–Kier alpha value is -4.69. The molecule has 0 saturated carbocycles. The Bertz CT molecular complexity index is 1620. The van der Waals surface area contributed by atoms with Crippen molar-refractivity contribution in [1.29, 1.82) is 0 Å². The summed E-state index contributed by atoms with van der Waals surface area (Å²) < 4.78 is 11.9. The molecule has 0 saturated heterocycles. The third-order valence-electron chi connectivity index (χ3n) is 5.70. The van der Waals surface area contributed by atoms with Gasteiger partial charge < -0.3 is 19.6 Å². The van der Waals surface area contributed by atoms with Crippen molar-refractivity contribution >= 4 is 57.1 Å². The van der Waals surface area contributed by atoms with E-state index in [1.807, 2.05) is 48.5 Å². The summed E-state index contributed by atoms with van der Waals surface area (Å²) in [5.41, 5.74) is 7.95. The number of nitrogens with one attached hydrogen (secondary N) is 2. The second-order valence-electron chi connectivity index (χ2n) is 7.91. The summed E-state index contributed by atoms with van der Waals surface area (Å²) in [7, 11) is 1.63. The molecule has 1 heterocycles. The average Bonchev–Trinajstić information content (AvgIpc) is 3.28. The van der Waals surface area contributed by atoms with E-state index in [2.05, 4.69) is 28.0 Å². The lowest BCUT2D eigenvalue weighted by atomic mass is 9.97. The predicted molar refractivity (Wildman–Crippen MR) is 146 cm³/mol. The van der Waals surface area contributed by atoms with Crippen LogP contribution in [0, 0.1) is 0 Å². The molecule has 0 bridgehead atoms. The number of hydrogen-bond acceptors (Lipinski definition) is 5. The summed E-state index contributed by atoms with van der Waals surface area (Å²) in [6, 6.07) is 26.1. The minimum atomic E-state index is -0.986. The first-order chi connectivity index (χ1) is 17.5. The number of carboxylic acids is 1. The van der Waals surface area contributed by atoms with Gasteiger partial charge in [-0.15, -0.1) is 0 Å². The number of thiocarbonyl (C=S) groups is 1. The van der Waals surface area contributed by atoms with E-state index in [9.17, 15) is 4.79 Å². The van der Waals surface area contributed by atoms with Crippen LogP contribution in [0.25, 0.3) is 33.1 Å². The van der Waals surface area contributed by atoms with Crippen molar-refractivity contribution in [1.82, 2.24) is 5.43 Å². The van der Waals surface area contributed by atoms with Crippen LogP contribution in [0.5, 0.6) is 5.75 Å². The summed E-state index contributed by atoms with van der Waals surface area (Å²) in [5, 5.41) is 18.6. The van der Waals surface area contributed by atoms with Gasteiger partial charge in [-0.2, -0.15) is 5.10 Å². The number of para-hydroxylation sites is 2. The van der Waals surface area contributed by atoms with Crippen molar-refractivity contribution in [3.8, 4) is 16.9 Å². The molecule has 0 aliphatic rings. The van der Waals surface area contributed by atoms with Crippen LogP contribution in [-0.4, -0.2) is 29.5 Å². The van der Waals surface area contributed by atoms with Gasteiger partial charge in [-0.05, 0) is 60.2 Å². The van der Waals surface area contributed by atoms with Gasteiger partial charge in [0.2, 0.25) is 0 Å². The number of aromatic carboxylic acids is 1. The second-order valence-corrected chi connectivity index (χ2v) is 8.32. The summed E-state index contributed by atoms with van der Waals surface area (Å²) in [6.07, 6.45) is 1.64. The minimum Gasteiger partial charge on any atom is -0.495 e. The molecule has 0 amide bonds. The molecule has 0 atom stereocenters. The lowest BCUT2D eigenvalue weighted by Crippen LogP contribution is -2.23. The normalized spacial score (nSPS) is 11.1. The van der Waals surface area contributed by atoms with Gasteiger partial charge in [0, 0.05) is 27.6 Å². The standard InChI is InChI=1S/C28H21N3O4S/c1-34-26-18(16-29-31-28(36)30-19-14-12-17(13-15-19)27(32)33)6-4-9-21(26)20-8-5-11-24-25(20)22-7-2-3-10-23(22)35-24/h2-16H,1H3,(H,32,33)(H2,30,31,36)/b29-16-. The highest BCUT2D eigenvalue weighted by molar-refractivity contribution is 7.80. The second kappa shape index (κ2) is 9.89. The molecule has 5 aromatic rings. The monoisotopic (exact) mass is 495 g/mol. The molecule has 36 heavy (non-hydrogen) atoms. The van der Waals surface area contributed by atoms with E-state index >= 15 is 0 Å². The highest BCUT2D eigenvalue weighted by Crippen LogP contribution is 2.40. The number of rotatable bonds is 6. The molecular weight excluding hydrogens is 474 g/mol. The van der Waals surface area contributed by atoms with Crippen molar-refractivity contribution in [2.45, 2.75) is 0 Å². The number of carbonyl (C=O) groups is 1. The van der Waals surface area contributed by atoms with Crippen molar-refractivity contribution in [2.75, 3.05) is 12.4 Å². The molecular formula is C28H21N3O4S. The molecule has 4 aromatic carbocycles. The summed E-state index contributed by atoms with van der Waals surface area (Å²) >= 11 is 5.29. The topological polar surface area (TPSA) is 96.1 Å². The molecule has 0 unspecified atom stereocenters. The Morgan fingerprint density at radius 1 is 0.944 bits per heavy atom. The first-order valence-corrected chi connectivity index (χ1v) is 11.5. The molecule has 0 radical (unpaired) electrons. The molecule has 5 rings (SSSR count). The number of carboxylic acid groups (broad SMARTS) is 1. The van der Waals surface area contributed by atoms with Crippen molar-refractivity contribution in [2.24, 2.45) is 5.10 Å². The van der Waals surface area contributed by atoms with Crippen LogP contribution in [0.1, 0.15) is 15.9 Å². The number of ether oxygens (including phenoxy) is 1. The number of nitrogens with zero attached hydrogens (tertiary/aromatic N) is 1. The van der Waals surface area contributed by atoms with E-state index in [4.69, 9.17) is 26.5 Å². The van der Waals surface area contributed by atoms with Crippen LogP contribution in [0.4, 0.5) is 5.69 Å². The maximum Gasteiger partial charge on any atom is 0.335 e. The van der Waals surface area contributed by atoms with E-state index in [0.717, 1.165) is 38.6 Å². The lowest BCUT2D eigenvalue weighted by molar-refractivity contribution is 0.0697. The highest BCUT2D eigenvalue weighted by Gasteiger charge is 2.16. The Balaban J connectivity index is 1.40. The third-order valence-corrected chi connectivity index (χ3v) is 5.90. The Morgan fingerprint density at radius 2 is 1.67 bits per heavy atom.